The van der Waals surface area contributed by atoms with Crippen LogP contribution in [0.25, 0.3) is 22.5 Å². The van der Waals surface area contributed by atoms with Gasteiger partial charge in [0.25, 0.3) is 0 Å². The average Bonchev–Trinajstić information content (AvgIpc) is 2.87. The quantitative estimate of drug-likeness (QED) is 0.241. The predicted molar refractivity (Wildman–Crippen MR) is 159 cm³/mol. The van der Waals surface area contributed by atoms with Crippen LogP contribution in [0.2, 0.25) is 0 Å². The minimum atomic E-state index is -0.343. The van der Waals surface area contributed by atoms with Gasteiger partial charge in [0.1, 0.15) is 0 Å². The van der Waals surface area contributed by atoms with E-state index in [1.165, 1.54) is 22.3 Å². The lowest BCUT2D eigenvalue weighted by molar-refractivity contribution is 0.575. The molecule has 0 saturated heterocycles. The summed E-state index contributed by atoms with van der Waals surface area (Å²) in [4.78, 5) is 15.3. The van der Waals surface area contributed by atoms with Gasteiger partial charge in [-0.3, -0.25) is 9.97 Å². The first kappa shape index (κ1) is 26.3. The van der Waals surface area contributed by atoms with E-state index in [9.17, 15) is 0 Å². The lowest BCUT2D eigenvalue weighted by Gasteiger charge is -2.31. The molecule has 0 atom stereocenters. The normalized spacial score (nSPS) is 16.1. The highest BCUT2D eigenvalue weighted by atomic mass is 14.8. The molecule has 0 spiro atoms. The largest absolute Gasteiger partial charge is 0.261 e. The van der Waals surface area contributed by atoms with Crippen molar-refractivity contribution < 1.29 is 0 Å². The third-order valence-electron chi connectivity index (χ3n) is 8.30. The Kier molecular flexibility index (Phi) is 5.94. The zero-order chi connectivity index (χ0) is 27.7. The van der Waals surface area contributed by atoms with Crippen LogP contribution < -0.4 is 0 Å². The van der Waals surface area contributed by atoms with Crippen LogP contribution in [0.1, 0.15) is 103 Å². The van der Waals surface area contributed by atoms with Gasteiger partial charge in [-0.15, -0.1) is 0 Å². The van der Waals surface area contributed by atoms with Gasteiger partial charge in [-0.25, -0.2) is 4.98 Å². The third-order valence-corrected chi connectivity index (χ3v) is 8.30. The first-order valence-corrected chi connectivity index (χ1v) is 13.7. The van der Waals surface area contributed by atoms with Gasteiger partial charge in [-0.2, -0.15) is 0 Å². The number of hydrogen-bond donors (Lipinski definition) is 0. The number of fused-ring (bicyclic) bond motifs is 10. The Hall–Kier alpha value is -3.33. The molecule has 3 heteroatoms. The summed E-state index contributed by atoms with van der Waals surface area (Å²) in [6.07, 6.45) is 3.83. The van der Waals surface area contributed by atoms with Gasteiger partial charge in [-0.05, 0) is 69.5 Å². The summed E-state index contributed by atoms with van der Waals surface area (Å²) in [5.74, 6) is 0. The summed E-state index contributed by atoms with van der Waals surface area (Å²) in [6, 6.07) is 20.3. The molecule has 8 bridgehead atoms. The Labute approximate surface area is 228 Å². The third kappa shape index (κ3) is 4.57. The number of hydrogen-bond acceptors (Lipinski definition) is 3. The molecule has 4 aromatic rings. The van der Waals surface area contributed by atoms with Gasteiger partial charge >= 0.3 is 0 Å². The Bertz CT molecular complexity index is 1410. The molecule has 3 heterocycles. The van der Waals surface area contributed by atoms with E-state index in [1.54, 1.807) is 0 Å². The van der Waals surface area contributed by atoms with Gasteiger partial charge in [0.2, 0.25) is 0 Å². The number of rotatable bonds is 0. The van der Waals surface area contributed by atoms with Crippen molar-refractivity contribution in [2.45, 2.75) is 90.9 Å². The summed E-state index contributed by atoms with van der Waals surface area (Å²) < 4.78 is 0. The number of aromatic nitrogens is 3. The predicted octanol–water partition coefficient (Wildman–Crippen LogP) is 8.77. The molecule has 0 amide bonds. The number of pyridine rings is 1. The molecule has 5 rings (SSSR count). The minimum absolute atomic E-state index is 0.00249. The second kappa shape index (κ2) is 8.59. The van der Waals surface area contributed by atoms with E-state index in [-0.39, 0.29) is 21.7 Å². The van der Waals surface area contributed by atoms with Crippen LogP contribution in [0.5, 0.6) is 0 Å². The van der Waals surface area contributed by atoms with Crippen LogP contribution in [0.15, 0.2) is 67.0 Å². The van der Waals surface area contributed by atoms with E-state index in [1.807, 2.05) is 12.4 Å². The first-order valence-electron chi connectivity index (χ1n) is 13.7. The highest BCUT2D eigenvalue weighted by Crippen LogP contribution is 2.40. The smallest absolute Gasteiger partial charge is 0.0889 e. The zero-order valence-electron chi connectivity index (χ0n) is 24.7. The minimum Gasteiger partial charge on any atom is -0.261 e. The van der Waals surface area contributed by atoms with E-state index < -0.39 is 0 Å². The van der Waals surface area contributed by atoms with Crippen molar-refractivity contribution >= 4 is 0 Å². The molecule has 0 unspecified atom stereocenters. The van der Waals surface area contributed by atoms with E-state index in [0.29, 0.717) is 0 Å². The van der Waals surface area contributed by atoms with Gasteiger partial charge < -0.3 is 0 Å². The Morgan fingerprint density at radius 2 is 1.05 bits per heavy atom. The van der Waals surface area contributed by atoms with Crippen LogP contribution in [0.4, 0.5) is 0 Å². The Morgan fingerprint density at radius 1 is 0.553 bits per heavy atom. The number of nitrogens with zero attached hydrogens (tertiary/aromatic N) is 3. The molecule has 0 aliphatic carbocycles. The van der Waals surface area contributed by atoms with Crippen LogP contribution in [0.3, 0.4) is 0 Å². The summed E-state index contributed by atoms with van der Waals surface area (Å²) in [6.45, 7) is 22.7. The summed E-state index contributed by atoms with van der Waals surface area (Å²) in [5, 5.41) is 0. The molecule has 1 aliphatic heterocycles. The van der Waals surface area contributed by atoms with Crippen molar-refractivity contribution in [2.75, 3.05) is 0 Å². The zero-order valence-corrected chi connectivity index (χ0v) is 24.7. The van der Waals surface area contributed by atoms with Crippen LogP contribution in [0, 0.1) is 0 Å². The fourth-order valence-corrected chi connectivity index (χ4v) is 5.18. The summed E-state index contributed by atoms with van der Waals surface area (Å²) in [5.41, 5.74) is 10.6. The van der Waals surface area contributed by atoms with Crippen LogP contribution in [-0.2, 0) is 21.7 Å². The van der Waals surface area contributed by atoms with E-state index in [2.05, 4.69) is 124 Å². The monoisotopic (exact) mass is 503 g/mol. The van der Waals surface area contributed by atoms with Gasteiger partial charge in [-0.1, -0.05) is 87.4 Å². The fraction of sp³-hybridized carbons (Fsp3) is 0.400. The van der Waals surface area contributed by atoms with Crippen molar-refractivity contribution in [2.24, 2.45) is 0 Å². The molecule has 2 aromatic heterocycles. The van der Waals surface area contributed by atoms with E-state index in [4.69, 9.17) is 15.0 Å². The average molecular weight is 504 g/mol. The second-order valence-corrected chi connectivity index (χ2v) is 14.0. The van der Waals surface area contributed by atoms with Gasteiger partial charge in [0.05, 0.1) is 29.0 Å². The molecule has 2 aromatic carbocycles. The highest BCUT2D eigenvalue weighted by Gasteiger charge is 2.31. The highest BCUT2D eigenvalue weighted by molar-refractivity contribution is 5.66. The van der Waals surface area contributed by atoms with Crippen molar-refractivity contribution in [3.63, 3.8) is 0 Å². The molecule has 1 aliphatic rings. The molecular weight excluding hydrogens is 462 g/mol. The van der Waals surface area contributed by atoms with Gasteiger partial charge in [0, 0.05) is 28.2 Å². The van der Waals surface area contributed by atoms with Crippen molar-refractivity contribution in [1.82, 2.24) is 15.0 Å². The fourth-order valence-electron chi connectivity index (χ4n) is 5.18. The molecule has 0 saturated carbocycles. The maximum Gasteiger partial charge on any atom is 0.0889 e. The van der Waals surface area contributed by atoms with Gasteiger partial charge in [0.15, 0.2) is 0 Å². The summed E-state index contributed by atoms with van der Waals surface area (Å²) >= 11 is 0. The van der Waals surface area contributed by atoms with E-state index >= 15 is 0 Å². The lowest BCUT2D eigenvalue weighted by atomic mass is 9.75. The van der Waals surface area contributed by atoms with Crippen molar-refractivity contribution in [3.05, 3.63) is 101 Å². The molecule has 196 valence electrons. The second-order valence-electron chi connectivity index (χ2n) is 14.0. The molecule has 0 radical (unpaired) electrons. The van der Waals surface area contributed by atoms with Crippen molar-refractivity contribution in [3.8, 4) is 22.5 Å². The SMILES string of the molecule is CC(C)(C)c1cc2cc(c1)C(C)(C)c1cccc(n1)-c1cc(C(C)(C)C)cc(c1)C(C)(C)c1cncc-2n1. The molecule has 38 heavy (non-hydrogen) atoms. The maximum absolute atomic E-state index is 5.30. The maximum atomic E-state index is 5.30. The lowest BCUT2D eigenvalue weighted by Crippen LogP contribution is -2.24. The number of benzene rings is 2. The van der Waals surface area contributed by atoms with Crippen LogP contribution >= 0.6 is 0 Å². The summed E-state index contributed by atoms with van der Waals surface area (Å²) in [7, 11) is 0. The first-order chi connectivity index (χ1) is 17.6. The topological polar surface area (TPSA) is 38.7 Å². The molecular formula is C35H41N3. The van der Waals surface area contributed by atoms with Crippen molar-refractivity contribution in [1.29, 1.82) is 0 Å². The Morgan fingerprint density at radius 3 is 1.61 bits per heavy atom. The van der Waals surface area contributed by atoms with E-state index in [0.717, 1.165) is 33.9 Å². The molecule has 0 fully saturated rings. The molecule has 3 nitrogen and oxygen atoms in total. The van der Waals surface area contributed by atoms with Crippen LogP contribution in [-0.4, -0.2) is 15.0 Å². The Balaban J connectivity index is 1.90. The molecule has 0 N–H and O–H groups in total. The standard InChI is InChI=1S/C35H41N3/c1-32(2,3)24-14-22-16-27(19-24)35(9,10)31-21-36-20-29(38-31)23-15-25(33(4,5)6)18-26(17-23)34(7,8)30-13-11-12-28(22)37-30/h11-21H,1-10H3.